The Bertz CT molecular complexity index is 500. The smallest absolute Gasteiger partial charge is 0.314 e. The molecule has 1 aliphatic rings. The quantitative estimate of drug-likeness (QED) is 0.784. The number of piperazine rings is 1. The van der Waals surface area contributed by atoms with Crippen molar-refractivity contribution in [1.29, 1.82) is 0 Å². The summed E-state index contributed by atoms with van der Waals surface area (Å²) in [6.45, 7) is 2.33. The third kappa shape index (κ3) is 4.39. The molecule has 2 rings (SSSR count). The number of alkyl halides is 5. The van der Waals surface area contributed by atoms with Gasteiger partial charge < -0.3 is 5.32 Å². The van der Waals surface area contributed by atoms with Gasteiger partial charge in [0.25, 0.3) is 0 Å². The van der Waals surface area contributed by atoms with E-state index in [2.05, 4.69) is 21.2 Å². The summed E-state index contributed by atoms with van der Waals surface area (Å²) in [5, 5.41) is 3.10. The zero-order chi connectivity index (χ0) is 16.3. The zero-order valence-electron chi connectivity index (χ0n) is 11.6. The first-order valence-electron chi connectivity index (χ1n) is 6.88. The Hall–Kier alpha value is -0.730. The number of nitrogens with zero attached hydrogens (tertiary/aromatic N) is 1. The Labute approximate surface area is 133 Å². The summed E-state index contributed by atoms with van der Waals surface area (Å²) in [6, 6.07) is 2.46. The van der Waals surface area contributed by atoms with Crippen molar-refractivity contribution in [3.05, 3.63) is 33.8 Å². The average Bonchev–Trinajstić information content (AvgIpc) is 2.45. The van der Waals surface area contributed by atoms with Gasteiger partial charge in [-0.15, -0.1) is 0 Å². The van der Waals surface area contributed by atoms with Crippen molar-refractivity contribution in [2.75, 3.05) is 26.2 Å². The van der Waals surface area contributed by atoms with Gasteiger partial charge in [0.2, 0.25) is 6.43 Å². The van der Waals surface area contributed by atoms with Crippen molar-refractivity contribution < 1.29 is 22.0 Å². The minimum absolute atomic E-state index is 0.261. The molecule has 0 unspecified atom stereocenters. The molecular weight excluding hydrogens is 371 g/mol. The molecule has 1 aliphatic heterocycles. The van der Waals surface area contributed by atoms with Gasteiger partial charge in [-0.1, -0.05) is 15.9 Å². The summed E-state index contributed by atoms with van der Waals surface area (Å²) in [5.41, 5.74) is -0.558. The van der Waals surface area contributed by atoms with Gasteiger partial charge in [-0.2, -0.15) is 13.2 Å². The molecule has 1 fully saturated rings. The van der Waals surface area contributed by atoms with Crippen LogP contribution in [0.1, 0.15) is 23.6 Å². The van der Waals surface area contributed by atoms with Gasteiger partial charge in [0.1, 0.15) is 0 Å². The summed E-state index contributed by atoms with van der Waals surface area (Å²) in [5.74, 6) is 0. The fourth-order valence-corrected chi connectivity index (χ4v) is 3.12. The summed E-state index contributed by atoms with van der Waals surface area (Å²) in [4.78, 5) is 1.81. The van der Waals surface area contributed by atoms with Crippen LogP contribution in [-0.2, 0) is 6.18 Å². The van der Waals surface area contributed by atoms with Gasteiger partial charge in [0, 0.05) is 43.1 Å². The highest BCUT2D eigenvalue weighted by Gasteiger charge is 2.33. The average molecular weight is 387 g/mol. The van der Waals surface area contributed by atoms with Crippen LogP contribution in [0.5, 0.6) is 0 Å². The summed E-state index contributed by atoms with van der Waals surface area (Å²) < 4.78 is 64.9. The van der Waals surface area contributed by atoms with Crippen LogP contribution >= 0.6 is 15.9 Å². The van der Waals surface area contributed by atoms with Gasteiger partial charge in [-0.25, -0.2) is 8.78 Å². The highest BCUT2D eigenvalue weighted by molar-refractivity contribution is 9.10. The van der Waals surface area contributed by atoms with E-state index < -0.39 is 30.6 Å². The zero-order valence-corrected chi connectivity index (χ0v) is 13.2. The van der Waals surface area contributed by atoms with Crippen LogP contribution in [0.15, 0.2) is 22.7 Å². The molecule has 1 saturated heterocycles. The fourth-order valence-electron chi connectivity index (χ4n) is 2.61. The molecule has 22 heavy (non-hydrogen) atoms. The van der Waals surface area contributed by atoms with Crippen molar-refractivity contribution in [3.63, 3.8) is 0 Å². The Morgan fingerprint density at radius 3 is 2.36 bits per heavy atom. The number of halogens is 6. The second-order valence-electron chi connectivity index (χ2n) is 5.16. The molecule has 0 radical (unpaired) electrons. The second kappa shape index (κ2) is 7.23. The molecule has 2 nitrogen and oxygen atoms in total. The Morgan fingerprint density at radius 2 is 1.82 bits per heavy atom. The lowest BCUT2D eigenvalue weighted by Crippen LogP contribution is -2.45. The monoisotopic (exact) mass is 386 g/mol. The molecule has 0 spiro atoms. The molecule has 1 atom stereocenters. The van der Waals surface area contributed by atoms with E-state index >= 15 is 0 Å². The lowest BCUT2D eigenvalue weighted by atomic mass is 9.99. The normalized spacial score (nSPS) is 18.7. The lowest BCUT2D eigenvalue weighted by Gasteiger charge is -2.35. The van der Waals surface area contributed by atoms with E-state index in [1.807, 2.05) is 4.90 Å². The number of benzene rings is 1. The largest absolute Gasteiger partial charge is 0.416 e. The first-order chi connectivity index (χ1) is 10.3. The molecular formula is C14H16BrF5N2. The molecule has 0 aromatic heterocycles. The van der Waals surface area contributed by atoms with E-state index in [1.165, 1.54) is 6.07 Å². The van der Waals surface area contributed by atoms with Gasteiger partial charge in [-0.3, -0.25) is 4.90 Å². The molecule has 1 aromatic rings. The summed E-state index contributed by atoms with van der Waals surface area (Å²) in [6.07, 6.45) is -7.56. The van der Waals surface area contributed by atoms with Crippen molar-refractivity contribution in [2.24, 2.45) is 0 Å². The minimum atomic E-state index is -4.49. The third-order valence-electron chi connectivity index (χ3n) is 3.68. The van der Waals surface area contributed by atoms with Crippen LogP contribution < -0.4 is 5.32 Å². The maximum atomic E-state index is 12.9. The topological polar surface area (TPSA) is 15.3 Å². The minimum Gasteiger partial charge on any atom is -0.314 e. The molecule has 0 bridgehead atoms. The van der Waals surface area contributed by atoms with E-state index in [1.54, 1.807) is 0 Å². The van der Waals surface area contributed by atoms with E-state index in [0.717, 1.165) is 12.1 Å². The van der Waals surface area contributed by atoms with Crippen LogP contribution in [-0.4, -0.2) is 37.5 Å². The number of hydrogen-bond acceptors (Lipinski definition) is 2. The first kappa shape index (κ1) is 17.6. The van der Waals surface area contributed by atoms with Crippen LogP contribution in [0.2, 0.25) is 0 Å². The van der Waals surface area contributed by atoms with Crippen LogP contribution in [0.25, 0.3) is 0 Å². The van der Waals surface area contributed by atoms with Crippen molar-refractivity contribution >= 4 is 15.9 Å². The summed E-state index contributed by atoms with van der Waals surface area (Å²) >= 11 is 3.20. The molecule has 8 heteroatoms. The van der Waals surface area contributed by atoms with Gasteiger partial charge in [-0.05, 0) is 23.8 Å². The predicted octanol–water partition coefficient (Wildman–Crippen LogP) is 4.07. The highest BCUT2D eigenvalue weighted by Crippen LogP contribution is 2.37. The van der Waals surface area contributed by atoms with E-state index in [-0.39, 0.29) is 5.56 Å². The SMILES string of the molecule is FC(F)C[C@@H](c1cc(C(F)(F)F)ccc1Br)N1CCNCC1. The first-order valence-corrected chi connectivity index (χ1v) is 7.68. The van der Waals surface area contributed by atoms with Crippen molar-refractivity contribution in [2.45, 2.75) is 25.1 Å². The Morgan fingerprint density at radius 1 is 1.18 bits per heavy atom. The Balaban J connectivity index is 2.37. The molecule has 1 heterocycles. The van der Waals surface area contributed by atoms with Crippen LogP contribution in [0.3, 0.4) is 0 Å². The molecule has 0 aliphatic carbocycles. The Kier molecular flexibility index (Phi) is 5.79. The van der Waals surface area contributed by atoms with E-state index in [9.17, 15) is 22.0 Å². The summed E-state index contributed by atoms with van der Waals surface area (Å²) in [7, 11) is 0. The molecule has 0 saturated carbocycles. The number of rotatable bonds is 4. The van der Waals surface area contributed by atoms with Gasteiger partial charge >= 0.3 is 6.18 Å². The van der Waals surface area contributed by atoms with Crippen molar-refractivity contribution in [1.82, 2.24) is 10.2 Å². The highest BCUT2D eigenvalue weighted by atomic mass is 79.9. The fraction of sp³-hybridized carbons (Fsp3) is 0.571. The van der Waals surface area contributed by atoms with E-state index in [0.29, 0.717) is 30.7 Å². The maximum Gasteiger partial charge on any atom is 0.416 e. The molecule has 1 N–H and O–H groups in total. The number of nitrogens with one attached hydrogen (secondary N) is 1. The molecule has 1 aromatic carbocycles. The molecule has 0 amide bonds. The van der Waals surface area contributed by atoms with Gasteiger partial charge in [0.15, 0.2) is 0 Å². The standard InChI is InChI=1S/C14H16BrF5N2/c15-11-2-1-9(14(18,19)20)7-10(11)12(8-13(16)17)22-5-3-21-4-6-22/h1-2,7,12-13,21H,3-6,8H2/t12-/m0/s1. The number of hydrogen-bond donors (Lipinski definition) is 1. The lowest BCUT2D eigenvalue weighted by molar-refractivity contribution is -0.137. The van der Waals surface area contributed by atoms with Gasteiger partial charge in [0.05, 0.1) is 5.56 Å². The van der Waals surface area contributed by atoms with E-state index in [4.69, 9.17) is 0 Å². The van der Waals surface area contributed by atoms with Crippen LogP contribution in [0.4, 0.5) is 22.0 Å². The van der Waals surface area contributed by atoms with Crippen LogP contribution in [0, 0.1) is 0 Å². The van der Waals surface area contributed by atoms with Crippen molar-refractivity contribution in [3.8, 4) is 0 Å². The molecule has 124 valence electrons. The predicted molar refractivity (Wildman–Crippen MR) is 76.9 cm³/mol. The maximum absolute atomic E-state index is 12.9. The third-order valence-corrected chi connectivity index (χ3v) is 4.40. The second-order valence-corrected chi connectivity index (χ2v) is 6.02.